The van der Waals surface area contributed by atoms with Crippen LogP contribution < -0.4 is 10.1 Å². The van der Waals surface area contributed by atoms with E-state index in [1.54, 1.807) is 18.9 Å². The predicted molar refractivity (Wildman–Crippen MR) is 81.3 cm³/mol. The Morgan fingerprint density at radius 3 is 2.90 bits per heavy atom. The molecule has 4 heteroatoms. The van der Waals surface area contributed by atoms with Crippen LogP contribution in [0, 0.1) is 0 Å². The average molecular weight is 285 g/mol. The van der Waals surface area contributed by atoms with Crippen LogP contribution in [0.1, 0.15) is 17.2 Å². The van der Waals surface area contributed by atoms with Crippen molar-refractivity contribution >= 4 is 23.4 Å². The van der Waals surface area contributed by atoms with Gasteiger partial charge < -0.3 is 10.1 Å². The third-order valence-corrected chi connectivity index (χ3v) is 4.60. The fraction of sp³-hybridized carbons (Fsp3) is 0.188. The lowest BCUT2D eigenvalue weighted by molar-refractivity contribution is -0.116. The van der Waals surface area contributed by atoms with Crippen LogP contribution in [0.15, 0.2) is 53.4 Å². The van der Waals surface area contributed by atoms with Gasteiger partial charge in [-0.2, -0.15) is 0 Å². The summed E-state index contributed by atoms with van der Waals surface area (Å²) in [5, 5.41) is 3.07. The normalized spacial score (nSPS) is 17.9. The summed E-state index contributed by atoms with van der Waals surface area (Å²) in [6.45, 7) is 0. The molecule has 3 nitrogen and oxygen atoms in total. The van der Waals surface area contributed by atoms with Gasteiger partial charge >= 0.3 is 0 Å². The van der Waals surface area contributed by atoms with Crippen LogP contribution in [-0.4, -0.2) is 13.0 Å². The van der Waals surface area contributed by atoms with E-state index < -0.39 is 0 Å². The molecule has 1 N–H and O–H groups in total. The molecule has 0 saturated carbocycles. The number of fused-ring (bicyclic) bond motifs is 1. The van der Waals surface area contributed by atoms with Crippen LogP contribution in [0.25, 0.3) is 0 Å². The Kier molecular flexibility index (Phi) is 3.65. The van der Waals surface area contributed by atoms with Gasteiger partial charge in [0.25, 0.3) is 0 Å². The van der Waals surface area contributed by atoms with E-state index in [0.29, 0.717) is 6.42 Å². The van der Waals surface area contributed by atoms with E-state index in [-0.39, 0.29) is 11.2 Å². The second-order valence-electron chi connectivity index (χ2n) is 4.63. The number of para-hydroxylation sites is 1. The van der Waals surface area contributed by atoms with E-state index >= 15 is 0 Å². The first-order valence-corrected chi connectivity index (χ1v) is 7.34. The number of methoxy groups -OCH3 is 1. The standard InChI is InChI=1S/C16H15NO2S/c1-19-12-6-4-5-11(9-12)15-10-16(18)17-13-7-2-3-8-14(13)20-15/h2-9,15H,10H2,1H3,(H,17,18)/t15-/m1/s1. The number of anilines is 1. The molecular weight excluding hydrogens is 270 g/mol. The summed E-state index contributed by atoms with van der Waals surface area (Å²) >= 11 is 1.71. The molecule has 0 aromatic heterocycles. The quantitative estimate of drug-likeness (QED) is 0.910. The van der Waals surface area contributed by atoms with Gasteiger partial charge in [-0.3, -0.25) is 4.79 Å². The second kappa shape index (κ2) is 5.59. The molecule has 0 saturated heterocycles. The first kappa shape index (κ1) is 13.1. The summed E-state index contributed by atoms with van der Waals surface area (Å²) in [6, 6.07) is 15.8. The highest BCUT2D eigenvalue weighted by atomic mass is 32.2. The maximum Gasteiger partial charge on any atom is 0.225 e. The molecule has 1 atom stereocenters. The summed E-state index contributed by atoms with van der Waals surface area (Å²) in [6.07, 6.45) is 0.465. The van der Waals surface area contributed by atoms with Crippen molar-refractivity contribution in [2.75, 3.05) is 12.4 Å². The number of benzene rings is 2. The van der Waals surface area contributed by atoms with Crippen molar-refractivity contribution < 1.29 is 9.53 Å². The van der Waals surface area contributed by atoms with Gasteiger partial charge in [-0.15, -0.1) is 11.8 Å². The van der Waals surface area contributed by atoms with E-state index in [9.17, 15) is 4.79 Å². The van der Waals surface area contributed by atoms with E-state index in [1.165, 1.54) is 0 Å². The van der Waals surface area contributed by atoms with Crippen LogP contribution in [0.4, 0.5) is 5.69 Å². The fourth-order valence-corrected chi connectivity index (χ4v) is 3.49. The molecule has 0 unspecified atom stereocenters. The monoisotopic (exact) mass is 285 g/mol. The molecule has 2 aromatic rings. The highest BCUT2D eigenvalue weighted by molar-refractivity contribution is 7.99. The highest BCUT2D eigenvalue weighted by Gasteiger charge is 2.23. The Morgan fingerprint density at radius 2 is 2.05 bits per heavy atom. The van der Waals surface area contributed by atoms with Gasteiger partial charge in [0.1, 0.15) is 5.75 Å². The number of nitrogens with one attached hydrogen (secondary N) is 1. The molecule has 0 aliphatic carbocycles. The van der Waals surface area contributed by atoms with Gasteiger partial charge in [0, 0.05) is 16.6 Å². The number of hydrogen-bond acceptors (Lipinski definition) is 3. The summed E-state index contributed by atoms with van der Waals surface area (Å²) in [4.78, 5) is 13.1. The second-order valence-corrected chi connectivity index (χ2v) is 5.88. The van der Waals surface area contributed by atoms with Crippen LogP contribution >= 0.6 is 11.8 Å². The Bertz CT molecular complexity index is 642. The lowest BCUT2D eigenvalue weighted by atomic mass is 10.1. The molecule has 0 fully saturated rings. The van der Waals surface area contributed by atoms with Crippen molar-refractivity contribution in [3.05, 3.63) is 54.1 Å². The van der Waals surface area contributed by atoms with Gasteiger partial charge in [0.2, 0.25) is 5.91 Å². The van der Waals surface area contributed by atoms with Crippen molar-refractivity contribution in [2.45, 2.75) is 16.6 Å². The Morgan fingerprint density at radius 1 is 1.20 bits per heavy atom. The van der Waals surface area contributed by atoms with Gasteiger partial charge in [-0.05, 0) is 29.8 Å². The first-order valence-electron chi connectivity index (χ1n) is 6.46. The minimum Gasteiger partial charge on any atom is -0.497 e. The molecule has 0 bridgehead atoms. The number of rotatable bonds is 2. The number of hydrogen-bond donors (Lipinski definition) is 1. The van der Waals surface area contributed by atoms with E-state index in [4.69, 9.17) is 4.74 Å². The minimum absolute atomic E-state index is 0.0512. The summed E-state index contributed by atoms with van der Waals surface area (Å²) in [7, 11) is 1.65. The van der Waals surface area contributed by atoms with E-state index in [1.807, 2.05) is 48.5 Å². The third-order valence-electron chi connectivity index (χ3n) is 3.27. The van der Waals surface area contributed by atoms with Crippen molar-refractivity contribution in [3.63, 3.8) is 0 Å². The zero-order valence-corrected chi connectivity index (χ0v) is 11.9. The molecule has 3 rings (SSSR count). The zero-order valence-electron chi connectivity index (χ0n) is 11.1. The third kappa shape index (κ3) is 2.65. The summed E-state index contributed by atoms with van der Waals surface area (Å²) in [5.41, 5.74) is 2.01. The summed E-state index contributed by atoms with van der Waals surface area (Å²) < 4.78 is 5.26. The molecule has 1 amide bonds. The number of carbonyl (C=O) groups excluding carboxylic acids is 1. The van der Waals surface area contributed by atoms with Crippen molar-refractivity contribution in [3.8, 4) is 5.75 Å². The zero-order chi connectivity index (χ0) is 13.9. The lowest BCUT2D eigenvalue weighted by Crippen LogP contribution is -2.11. The maximum atomic E-state index is 12.0. The molecular formula is C16H15NO2S. The molecule has 0 radical (unpaired) electrons. The van der Waals surface area contributed by atoms with Crippen molar-refractivity contribution in [2.24, 2.45) is 0 Å². The SMILES string of the molecule is COc1cccc([C@H]2CC(=O)Nc3ccccc3S2)c1. The molecule has 0 spiro atoms. The van der Waals surface area contributed by atoms with E-state index in [2.05, 4.69) is 5.32 Å². The number of thioether (sulfide) groups is 1. The first-order chi connectivity index (χ1) is 9.76. The Balaban J connectivity index is 1.96. The minimum atomic E-state index is 0.0512. The largest absolute Gasteiger partial charge is 0.497 e. The Labute approximate surface area is 122 Å². The molecule has 1 aliphatic heterocycles. The van der Waals surface area contributed by atoms with Crippen LogP contribution in [0.5, 0.6) is 5.75 Å². The predicted octanol–water partition coefficient (Wildman–Crippen LogP) is 3.87. The lowest BCUT2D eigenvalue weighted by Gasteiger charge is -2.14. The molecule has 1 aliphatic rings. The van der Waals surface area contributed by atoms with Crippen LogP contribution in [0.3, 0.4) is 0 Å². The molecule has 20 heavy (non-hydrogen) atoms. The molecule has 1 heterocycles. The number of carbonyl (C=O) groups is 1. The van der Waals surface area contributed by atoms with Gasteiger partial charge in [0.15, 0.2) is 0 Å². The van der Waals surface area contributed by atoms with Gasteiger partial charge in [-0.1, -0.05) is 24.3 Å². The van der Waals surface area contributed by atoms with Crippen LogP contribution in [0.2, 0.25) is 0 Å². The van der Waals surface area contributed by atoms with Crippen molar-refractivity contribution in [1.29, 1.82) is 0 Å². The average Bonchev–Trinajstić information content (AvgIpc) is 2.65. The highest BCUT2D eigenvalue weighted by Crippen LogP contribution is 2.43. The van der Waals surface area contributed by atoms with Crippen molar-refractivity contribution in [1.82, 2.24) is 0 Å². The molecule has 102 valence electrons. The van der Waals surface area contributed by atoms with Gasteiger partial charge in [-0.25, -0.2) is 0 Å². The van der Waals surface area contributed by atoms with Crippen LogP contribution in [-0.2, 0) is 4.79 Å². The molecule has 2 aromatic carbocycles. The van der Waals surface area contributed by atoms with Gasteiger partial charge in [0.05, 0.1) is 12.8 Å². The summed E-state index contributed by atoms with van der Waals surface area (Å²) in [5.74, 6) is 0.872. The van der Waals surface area contributed by atoms with E-state index in [0.717, 1.165) is 21.9 Å². The smallest absolute Gasteiger partial charge is 0.225 e. The maximum absolute atomic E-state index is 12.0. The topological polar surface area (TPSA) is 38.3 Å². The number of ether oxygens (including phenoxy) is 1. The fourth-order valence-electron chi connectivity index (χ4n) is 2.26. The Hall–Kier alpha value is -1.94. The number of amides is 1.